The van der Waals surface area contributed by atoms with Gasteiger partial charge in [-0.1, -0.05) is 0 Å². The Kier molecular flexibility index (Phi) is 3.02. The third-order valence-corrected chi connectivity index (χ3v) is 3.82. The number of carbonyl (C=O) groups is 1. The van der Waals surface area contributed by atoms with Crippen LogP contribution in [0.1, 0.15) is 21.9 Å². The minimum absolute atomic E-state index is 0.0782. The molecule has 0 aromatic carbocycles. The highest BCUT2D eigenvalue weighted by Gasteiger charge is 2.28. The lowest BCUT2D eigenvalue weighted by atomic mass is 10.4. The van der Waals surface area contributed by atoms with Crippen molar-refractivity contribution in [3.63, 3.8) is 0 Å². The van der Waals surface area contributed by atoms with E-state index in [1.165, 1.54) is 13.0 Å². The summed E-state index contributed by atoms with van der Waals surface area (Å²) in [7, 11) is -4.07. The minimum Gasteiger partial charge on any atom is -0.476 e. The molecule has 2 aromatic rings. The molecule has 4 N–H and O–H groups in total. The molecule has 0 unspecified atom stereocenters. The molecule has 0 bridgehead atoms. The number of aromatic nitrogens is 4. The number of H-pyrrole nitrogens is 2. The third-order valence-electron chi connectivity index (χ3n) is 2.31. The zero-order valence-electron chi connectivity index (χ0n) is 10.1. The van der Waals surface area contributed by atoms with Crippen molar-refractivity contribution in [2.75, 3.05) is 4.72 Å². The van der Waals surface area contributed by atoms with Gasteiger partial charge in [0.05, 0.1) is 5.69 Å². The van der Waals surface area contributed by atoms with Gasteiger partial charge in [0.15, 0.2) is 11.5 Å². The van der Waals surface area contributed by atoms with Gasteiger partial charge in [0, 0.05) is 11.8 Å². The first-order valence-electron chi connectivity index (χ1n) is 5.14. The van der Waals surface area contributed by atoms with Gasteiger partial charge >= 0.3 is 5.97 Å². The largest absolute Gasteiger partial charge is 0.476 e. The van der Waals surface area contributed by atoms with Crippen LogP contribution >= 0.6 is 0 Å². The van der Waals surface area contributed by atoms with Crippen LogP contribution in [0.5, 0.6) is 0 Å². The number of aryl methyl sites for hydroxylation is 2. The molecule has 102 valence electrons. The molecule has 0 aliphatic heterocycles. The molecular weight excluding hydrogens is 274 g/mol. The number of rotatable bonds is 4. The van der Waals surface area contributed by atoms with Gasteiger partial charge in [-0.15, -0.1) is 0 Å². The van der Waals surface area contributed by atoms with E-state index in [1.807, 2.05) is 0 Å². The van der Waals surface area contributed by atoms with Crippen LogP contribution in [-0.2, 0) is 10.0 Å². The molecule has 0 saturated carbocycles. The van der Waals surface area contributed by atoms with E-state index >= 15 is 0 Å². The Morgan fingerprint density at radius 2 is 2.00 bits per heavy atom. The summed E-state index contributed by atoms with van der Waals surface area (Å²) in [6.07, 6.45) is 0. The van der Waals surface area contributed by atoms with E-state index in [4.69, 9.17) is 5.11 Å². The Morgan fingerprint density at radius 3 is 2.53 bits per heavy atom. The Labute approximate surface area is 108 Å². The van der Waals surface area contributed by atoms with Crippen LogP contribution in [0.3, 0.4) is 0 Å². The van der Waals surface area contributed by atoms with Crippen molar-refractivity contribution >= 4 is 21.8 Å². The average molecular weight is 285 g/mol. The second-order valence-electron chi connectivity index (χ2n) is 3.87. The zero-order valence-corrected chi connectivity index (χ0v) is 10.9. The molecule has 0 saturated heterocycles. The number of aromatic amines is 2. The van der Waals surface area contributed by atoms with Crippen LogP contribution in [0.4, 0.5) is 5.82 Å². The van der Waals surface area contributed by atoms with Crippen molar-refractivity contribution in [3.8, 4) is 0 Å². The van der Waals surface area contributed by atoms with Gasteiger partial charge in [0.25, 0.3) is 10.0 Å². The Hall–Kier alpha value is -2.36. The van der Waals surface area contributed by atoms with Crippen molar-refractivity contribution < 1.29 is 18.3 Å². The molecule has 0 fully saturated rings. The standard InChI is InChI=1S/C9H11N5O4S/c1-4-3-6(12-10-4)14-19(17,18)8-5(2)11-13-7(8)9(15)16/h3H,1-2H3,(H,11,13)(H,15,16)(H2,10,12,14). The number of carboxylic acids is 1. The number of hydrogen-bond acceptors (Lipinski definition) is 5. The quantitative estimate of drug-likeness (QED) is 0.634. The molecule has 0 atom stereocenters. The highest BCUT2D eigenvalue weighted by atomic mass is 32.2. The van der Waals surface area contributed by atoms with Crippen LogP contribution in [0.15, 0.2) is 11.0 Å². The molecule has 0 radical (unpaired) electrons. The lowest BCUT2D eigenvalue weighted by Crippen LogP contribution is -2.17. The normalized spacial score (nSPS) is 11.5. The van der Waals surface area contributed by atoms with Gasteiger partial charge in [0.1, 0.15) is 4.90 Å². The topological polar surface area (TPSA) is 141 Å². The summed E-state index contributed by atoms with van der Waals surface area (Å²) in [5.74, 6) is -1.35. The first-order valence-corrected chi connectivity index (χ1v) is 6.62. The lowest BCUT2D eigenvalue weighted by Gasteiger charge is -2.04. The van der Waals surface area contributed by atoms with Crippen molar-refractivity contribution in [1.82, 2.24) is 20.4 Å². The molecule has 19 heavy (non-hydrogen) atoms. The van der Waals surface area contributed by atoms with Crippen molar-refractivity contribution in [2.45, 2.75) is 18.7 Å². The molecular formula is C9H11N5O4S. The SMILES string of the molecule is Cc1cc(NS(=O)(=O)c2c(C(=O)O)n[nH]c2C)n[nH]1. The molecule has 10 heteroatoms. The summed E-state index contributed by atoms with van der Waals surface area (Å²) in [5, 5.41) is 21.0. The predicted octanol–water partition coefficient (Wildman–Crippen LogP) is 0.249. The fourth-order valence-electron chi connectivity index (χ4n) is 1.55. The number of nitrogens with zero attached hydrogens (tertiary/aromatic N) is 2. The zero-order chi connectivity index (χ0) is 14.2. The van der Waals surface area contributed by atoms with Gasteiger partial charge in [-0.2, -0.15) is 10.2 Å². The third kappa shape index (κ3) is 2.42. The summed E-state index contributed by atoms with van der Waals surface area (Å²) >= 11 is 0. The van der Waals surface area contributed by atoms with Crippen LogP contribution in [0.2, 0.25) is 0 Å². The summed E-state index contributed by atoms with van der Waals surface area (Å²) in [6, 6.07) is 1.48. The van der Waals surface area contributed by atoms with Crippen LogP contribution in [0.25, 0.3) is 0 Å². The van der Waals surface area contributed by atoms with E-state index in [-0.39, 0.29) is 11.5 Å². The van der Waals surface area contributed by atoms with E-state index in [2.05, 4.69) is 25.1 Å². The lowest BCUT2D eigenvalue weighted by molar-refractivity contribution is 0.0686. The Balaban J connectivity index is 2.45. The monoisotopic (exact) mass is 285 g/mol. The predicted molar refractivity (Wildman–Crippen MR) is 64.4 cm³/mol. The average Bonchev–Trinajstić information content (AvgIpc) is 2.84. The molecule has 2 rings (SSSR count). The van der Waals surface area contributed by atoms with E-state index in [0.717, 1.165) is 0 Å². The van der Waals surface area contributed by atoms with E-state index in [9.17, 15) is 13.2 Å². The van der Waals surface area contributed by atoms with E-state index in [0.29, 0.717) is 5.69 Å². The molecule has 0 spiro atoms. The molecule has 2 heterocycles. The first-order chi connectivity index (χ1) is 8.81. The maximum absolute atomic E-state index is 12.1. The Bertz CT molecular complexity index is 730. The summed E-state index contributed by atoms with van der Waals surface area (Å²) in [4.78, 5) is 10.5. The van der Waals surface area contributed by atoms with Crippen molar-refractivity contribution in [2.24, 2.45) is 0 Å². The van der Waals surface area contributed by atoms with Gasteiger partial charge in [0.2, 0.25) is 0 Å². The fourth-order valence-corrected chi connectivity index (χ4v) is 2.87. The number of anilines is 1. The van der Waals surface area contributed by atoms with Crippen LogP contribution < -0.4 is 4.72 Å². The second-order valence-corrected chi connectivity index (χ2v) is 5.49. The fraction of sp³-hybridized carbons (Fsp3) is 0.222. The molecule has 0 aliphatic carbocycles. The number of hydrogen-bond donors (Lipinski definition) is 4. The Morgan fingerprint density at radius 1 is 1.32 bits per heavy atom. The van der Waals surface area contributed by atoms with Gasteiger partial charge in [-0.25, -0.2) is 13.2 Å². The first kappa shape index (κ1) is 13.1. The van der Waals surface area contributed by atoms with Crippen molar-refractivity contribution in [3.05, 3.63) is 23.1 Å². The molecule has 0 amide bonds. The number of carboxylic acid groups (broad SMARTS) is 1. The van der Waals surface area contributed by atoms with Crippen LogP contribution in [-0.4, -0.2) is 39.9 Å². The second kappa shape index (κ2) is 4.39. The van der Waals surface area contributed by atoms with Crippen LogP contribution in [0, 0.1) is 13.8 Å². The van der Waals surface area contributed by atoms with Gasteiger partial charge < -0.3 is 5.11 Å². The number of aromatic carboxylic acids is 1. The van der Waals surface area contributed by atoms with Gasteiger partial charge in [-0.3, -0.25) is 14.9 Å². The van der Waals surface area contributed by atoms with E-state index < -0.39 is 26.6 Å². The van der Waals surface area contributed by atoms with Gasteiger partial charge in [-0.05, 0) is 13.8 Å². The molecule has 9 nitrogen and oxygen atoms in total. The smallest absolute Gasteiger partial charge is 0.357 e. The number of sulfonamides is 1. The maximum Gasteiger partial charge on any atom is 0.357 e. The summed E-state index contributed by atoms with van der Waals surface area (Å²) in [5.41, 5.74) is 0.245. The molecule has 0 aliphatic rings. The molecule has 2 aromatic heterocycles. The summed E-state index contributed by atoms with van der Waals surface area (Å²) < 4.78 is 26.4. The highest BCUT2D eigenvalue weighted by molar-refractivity contribution is 7.92. The number of nitrogens with one attached hydrogen (secondary N) is 3. The van der Waals surface area contributed by atoms with E-state index in [1.54, 1.807) is 6.92 Å². The highest BCUT2D eigenvalue weighted by Crippen LogP contribution is 2.20. The van der Waals surface area contributed by atoms with Crippen molar-refractivity contribution in [1.29, 1.82) is 0 Å². The maximum atomic E-state index is 12.1. The summed E-state index contributed by atoms with van der Waals surface area (Å²) in [6.45, 7) is 3.13. The minimum atomic E-state index is -4.07.